The molecule has 0 radical (unpaired) electrons. The lowest BCUT2D eigenvalue weighted by Crippen LogP contribution is -2.04. The largest absolute Gasteiger partial charge is 0.478 e. The zero-order valence-electron chi connectivity index (χ0n) is 9.72. The van der Waals surface area contributed by atoms with Crippen LogP contribution >= 0.6 is 11.6 Å². The van der Waals surface area contributed by atoms with E-state index in [-0.39, 0.29) is 28.0 Å². The zero-order chi connectivity index (χ0) is 14.0. The molecule has 0 atom stereocenters. The van der Waals surface area contributed by atoms with Gasteiger partial charge < -0.3 is 9.84 Å². The quantitative estimate of drug-likeness (QED) is 0.936. The molecular weight excluding hydrogens is 275 g/mol. The van der Waals surface area contributed by atoms with E-state index in [1.165, 1.54) is 19.1 Å². The minimum absolute atomic E-state index is 0.00973. The fourth-order valence-corrected chi connectivity index (χ4v) is 1.52. The predicted molar refractivity (Wildman–Crippen MR) is 65.2 cm³/mol. The summed E-state index contributed by atoms with van der Waals surface area (Å²) >= 11 is 5.60. The molecule has 7 heteroatoms. The van der Waals surface area contributed by atoms with Gasteiger partial charge >= 0.3 is 12.0 Å². The summed E-state index contributed by atoms with van der Waals surface area (Å²) in [4.78, 5) is 18.4. The lowest BCUT2D eigenvalue weighted by atomic mass is 10.2. The highest BCUT2D eigenvalue weighted by molar-refractivity contribution is 6.30. The SMILES string of the molecule is Cc1nc(Oc2ccc(F)c(Cl)c2)ncc1C(=O)O. The van der Waals surface area contributed by atoms with Gasteiger partial charge in [0.15, 0.2) is 0 Å². The van der Waals surface area contributed by atoms with Crippen LogP contribution in [0.2, 0.25) is 5.02 Å². The molecule has 1 heterocycles. The van der Waals surface area contributed by atoms with Crippen LogP contribution in [0.3, 0.4) is 0 Å². The molecule has 0 saturated carbocycles. The Hall–Kier alpha value is -2.21. The van der Waals surface area contributed by atoms with Gasteiger partial charge in [-0.15, -0.1) is 0 Å². The maximum atomic E-state index is 13.0. The molecule has 1 aromatic heterocycles. The molecule has 0 saturated heterocycles. The molecule has 0 fully saturated rings. The molecule has 5 nitrogen and oxygen atoms in total. The monoisotopic (exact) mass is 282 g/mol. The topological polar surface area (TPSA) is 72.3 Å². The minimum atomic E-state index is -1.12. The number of aromatic nitrogens is 2. The number of benzene rings is 1. The van der Waals surface area contributed by atoms with Crippen molar-refractivity contribution in [3.05, 3.63) is 46.5 Å². The summed E-state index contributed by atoms with van der Waals surface area (Å²) in [5, 5.41) is 8.75. The summed E-state index contributed by atoms with van der Waals surface area (Å²) in [5.41, 5.74) is 0.259. The van der Waals surface area contributed by atoms with Gasteiger partial charge in [-0.3, -0.25) is 0 Å². The molecule has 98 valence electrons. The van der Waals surface area contributed by atoms with Crippen molar-refractivity contribution >= 4 is 17.6 Å². The lowest BCUT2D eigenvalue weighted by molar-refractivity contribution is 0.0695. The van der Waals surface area contributed by atoms with Crippen LogP contribution in [-0.4, -0.2) is 21.0 Å². The average molecular weight is 283 g/mol. The summed E-state index contributed by atoms with van der Waals surface area (Å²) in [7, 11) is 0. The van der Waals surface area contributed by atoms with Gasteiger partial charge in [0, 0.05) is 12.3 Å². The van der Waals surface area contributed by atoms with Crippen LogP contribution in [0, 0.1) is 12.7 Å². The van der Waals surface area contributed by atoms with Gasteiger partial charge in [0.25, 0.3) is 0 Å². The second kappa shape index (κ2) is 5.19. The highest BCUT2D eigenvalue weighted by atomic mass is 35.5. The van der Waals surface area contributed by atoms with Gasteiger partial charge in [0.2, 0.25) is 0 Å². The van der Waals surface area contributed by atoms with E-state index in [0.717, 1.165) is 12.3 Å². The minimum Gasteiger partial charge on any atom is -0.478 e. The van der Waals surface area contributed by atoms with Crippen molar-refractivity contribution in [3.8, 4) is 11.8 Å². The highest BCUT2D eigenvalue weighted by Gasteiger charge is 2.11. The molecule has 2 aromatic rings. The van der Waals surface area contributed by atoms with Gasteiger partial charge in [-0.25, -0.2) is 14.2 Å². The van der Waals surface area contributed by atoms with Crippen LogP contribution in [-0.2, 0) is 0 Å². The normalized spacial score (nSPS) is 10.3. The molecule has 2 rings (SSSR count). The summed E-state index contributed by atoms with van der Waals surface area (Å²) in [6, 6.07) is 3.76. The number of hydrogen-bond acceptors (Lipinski definition) is 4. The van der Waals surface area contributed by atoms with Crippen LogP contribution in [0.5, 0.6) is 11.8 Å². The molecule has 19 heavy (non-hydrogen) atoms. The lowest BCUT2D eigenvalue weighted by Gasteiger charge is -2.06. The van der Waals surface area contributed by atoms with Gasteiger partial charge in [-0.2, -0.15) is 4.98 Å². The maximum Gasteiger partial charge on any atom is 0.339 e. The Balaban J connectivity index is 2.26. The highest BCUT2D eigenvalue weighted by Crippen LogP contribution is 2.24. The Morgan fingerprint density at radius 1 is 1.47 bits per heavy atom. The number of rotatable bonds is 3. The Bertz CT molecular complexity index is 649. The molecule has 0 spiro atoms. The Morgan fingerprint density at radius 2 is 2.21 bits per heavy atom. The number of ether oxygens (including phenoxy) is 1. The molecular formula is C12H8ClFN2O3. The first-order chi connectivity index (χ1) is 8.97. The van der Waals surface area contributed by atoms with Crippen molar-refractivity contribution in [2.45, 2.75) is 6.92 Å². The van der Waals surface area contributed by atoms with Crippen LogP contribution in [0.1, 0.15) is 16.1 Å². The van der Waals surface area contributed by atoms with Crippen molar-refractivity contribution in [3.63, 3.8) is 0 Å². The van der Waals surface area contributed by atoms with Crippen molar-refractivity contribution < 1.29 is 19.0 Å². The number of carboxylic acid groups (broad SMARTS) is 1. The Kier molecular flexibility index (Phi) is 3.62. The number of aromatic carboxylic acids is 1. The second-order valence-electron chi connectivity index (χ2n) is 3.63. The molecule has 1 N–H and O–H groups in total. The van der Waals surface area contributed by atoms with Crippen molar-refractivity contribution in [1.82, 2.24) is 9.97 Å². The summed E-state index contributed by atoms with van der Waals surface area (Å²) in [6.07, 6.45) is 1.14. The zero-order valence-corrected chi connectivity index (χ0v) is 10.5. The number of nitrogens with zero attached hydrogens (tertiary/aromatic N) is 2. The van der Waals surface area contributed by atoms with E-state index in [2.05, 4.69) is 9.97 Å². The van der Waals surface area contributed by atoms with E-state index in [1.54, 1.807) is 0 Å². The number of halogens is 2. The third kappa shape index (κ3) is 2.97. The molecule has 0 bridgehead atoms. The number of carboxylic acids is 1. The van der Waals surface area contributed by atoms with Crippen LogP contribution < -0.4 is 4.74 Å². The van der Waals surface area contributed by atoms with E-state index in [0.29, 0.717) is 0 Å². The Labute approximate surface area is 112 Å². The first-order valence-corrected chi connectivity index (χ1v) is 5.55. The fourth-order valence-electron chi connectivity index (χ4n) is 1.35. The Morgan fingerprint density at radius 3 is 2.79 bits per heavy atom. The summed E-state index contributed by atoms with van der Waals surface area (Å²) in [6.45, 7) is 1.52. The van der Waals surface area contributed by atoms with Gasteiger partial charge in [-0.05, 0) is 19.1 Å². The maximum absolute atomic E-state index is 13.0. The van der Waals surface area contributed by atoms with Crippen LogP contribution in [0.4, 0.5) is 4.39 Å². The fraction of sp³-hybridized carbons (Fsp3) is 0.0833. The van der Waals surface area contributed by atoms with E-state index in [4.69, 9.17) is 21.4 Å². The molecule has 0 unspecified atom stereocenters. The summed E-state index contributed by atoms with van der Waals surface area (Å²) in [5.74, 6) is -1.42. The third-order valence-electron chi connectivity index (χ3n) is 2.29. The van der Waals surface area contributed by atoms with Crippen molar-refractivity contribution in [2.75, 3.05) is 0 Å². The first kappa shape index (κ1) is 13.2. The van der Waals surface area contributed by atoms with Crippen LogP contribution in [0.15, 0.2) is 24.4 Å². The number of hydrogen-bond donors (Lipinski definition) is 1. The molecule has 1 aromatic carbocycles. The predicted octanol–water partition coefficient (Wildman–Crippen LogP) is 3.07. The van der Waals surface area contributed by atoms with E-state index in [1.807, 2.05) is 0 Å². The van der Waals surface area contributed by atoms with Gasteiger partial charge in [0.05, 0.1) is 16.3 Å². The third-order valence-corrected chi connectivity index (χ3v) is 2.58. The molecule has 0 aliphatic carbocycles. The van der Waals surface area contributed by atoms with Gasteiger partial charge in [-0.1, -0.05) is 11.6 Å². The number of carbonyl (C=O) groups is 1. The molecule has 0 amide bonds. The first-order valence-electron chi connectivity index (χ1n) is 5.17. The average Bonchev–Trinajstić information content (AvgIpc) is 2.33. The molecule has 0 aliphatic rings. The number of aryl methyl sites for hydroxylation is 1. The van der Waals surface area contributed by atoms with Crippen LogP contribution in [0.25, 0.3) is 0 Å². The second-order valence-corrected chi connectivity index (χ2v) is 4.04. The van der Waals surface area contributed by atoms with E-state index < -0.39 is 11.8 Å². The summed E-state index contributed by atoms with van der Waals surface area (Å²) < 4.78 is 18.2. The molecule has 0 aliphatic heterocycles. The van der Waals surface area contributed by atoms with Gasteiger partial charge in [0.1, 0.15) is 11.6 Å². The van der Waals surface area contributed by atoms with E-state index >= 15 is 0 Å². The standard InChI is InChI=1S/C12H8ClFN2O3/c1-6-8(11(17)18)5-15-12(16-6)19-7-2-3-10(14)9(13)4-7/h2-5H,1H3,(H,17,18). The van der Waals surface area contributed by atoms with E-state index in [9.17, 15) is 9.18 Å². The van der Waals surface area contributed by atoms with Crippen molar-refractivity contribution in [1.29, 1.82) is 0 Å². The smallest absolute Gasteiger partial charge is 0.339 e. The van der Waals surface area contributed by atoms with Crippen molar-refractivity contribution in [2.24, 2.45) is 0 Å².